The van der Waals surface area contributed by atoms with Crippen LogP contribution in [0.1, 0.15) is 30.5 Å². The minimum Gasteiger partial charge on any atom is -0.337 e. The summed E-state index contributed by atoms with van der Waals surface area (Å²) in [6.07, 6.45) is 9.08. The molecule has 1 heterocycles. The number of rotatable bonds is 7. The van der Waals surface area contributed by atoms with E-state index in [1.165, 1.54) is 18.4 Å². The van der Waals surface area contributed by atoms with Gasteiger partial charge in [-0.05, 0) is 31.2 Å². The molecule has 3 heteroatoms. The van der Waals surface area contributed by atoms with E-state index in [-0.39, 0.29) is 0 Å². The molecule has 1 aromatic heterocycles. The normalized spacial score (nSPS) is 14.7. The highest BCUT2D eigenvalue weighted by Crippen LogP contribution is 2.19. The van der Waals surface area contributed by atoms with E-state index in [1.54, 1.807) is 0 Å². The lowest BCUT2D eigenvalue weighted by molar-refractivity contribution is 0.638. The summed E-state index contributed by atoms with van der Waals surface area (Å²) in [5.74, 6) is 0. The third-order valence-corrected chi connectivity index (χ3v) is 3.56. The van der Waals surface area contributed by atoms with Crippen molar-refractivity contribution in [2.24, 2.45) is 0 Å². The molecule has 1 saturated carbocycles. The molecule has 1 aliphatic rings. The molecule has 1 fully saturated rings. The maximum atomic E-state index is 4.44. The fourth-order valence-electron chi connectivity index (χ4n) is 2.27. The van der Waals surface area contributed by atoms with Crippen LogP contribution in [0.5, 0.6) is 0 Å². The molecule has 0 atom stereocenters. The summed E-state index contributed by atoms with van der Waals surface area (Å²) < 4.78 is 2.20. The van der Waals surface area contributed by atoms with Crippen molar-refractivity contribution in [3.63, 3.8) is 0 Å². The summed E-state index contributed by atoms with van der Waals surface area (Å²) in [5, 5.41) is 3.49. The van der Waals surface area contributed by atoms with Gasteiger partial charge in [0.2, 0.25) is 0 Å². The molecule has 1 aliphatic carbocycles. The van der Waals surface area contributed by atoms with Gasteiger partial charge in [-0.15, -0.1) is 0 Å². The van der Waals surface area contributed by atoms with Gasteiger partial charge in [-0.2, -0.15) is 0 Å². The first-order valence-electron chi connectivity index (χ1n) is 7.18. The number of hydrogen-bond donors (Lipinski definition) is 1. The van der Waals surface area contributed by atoms with Crippen LogP contribution in [0.25, 0.3) is 0 Å². The standard InChI is InChI=1S/C16H21N3/c1-2-5-14(6-3-1)7-4-10-19-12-16(18-13-19)11-17-15-8-9-15/h1-3,5-6,12-13,15,17H,4,7-11H2. The number of nitrogens with one attached hydrogen (secondary N) is 1. The smallest absolute Gasteiger partial charge is 0.0949 e. The zero-order chi connectivity index (χ0) is 12.9. The van der Waals surface area contributed by atoms with E-state index in [9.17, 15) is 0 Å². The Morgan fingerprint density at radius 1 is 1.21 bits per heavy atom. The Hall–Kier alpha value is -1.61. The second kappa shape index (κ2) is 6.02. The van der Waals surface area contributed by atoms with Gasteiger partial charge < -0.3 is 9.88 Å². The minimum absolute atomic E-state index is 0.753. The van der Waals surface area contributed by atoms with Crippen LogP contribution in [0.2, 0.25) is 0 Å². The Bertz CT molecular complexity index is 500. The summed E-state index contributed by atoms with van der Waals surface area (Å²) in [4.78, 5) is 4.44. The number of nitrogens with zero attached hydrogens (tertiary/aromatic N) is 2. The molecule has 0 aliphatic heterocycles. The lowest BCUT2D eigenvalue weighted by Crippen LogP contribution is -2.15. The lowest BCUT2D eigenvalue weighted by atomic mass is 10.1. The molecule has 0 unspecified atom stereocenters. The van der Waals surface area contributed by atoms with Gasteiger partial charge >= 0.3 is 0 Å². The van der Waals surface area contributed by atoms with Crippen LogP contribution in [0.3, 0.4) is 0 Å². The summed E-state index contributed by atoms with van der Waals surface area (Å²) in [7, 11) is 0. The molecule has 0 amide bonds. The molecular weight excluding hydrogens is 234 g/mol. The van der Waals surface area contributed by atoms with Crippen LogP contribution in [-0.4, -0.2) is 15.6 Å². The second-order valence-corrected chi connectivity index (χ2v) is 5.35. The number of aryl methyl sites for hydroxylation is 2. The van der Waals surface area contributed by atoms with E-state index in [1.807, 2.05) is 6.33 Å². The molecule has 19 heavy (non-hydrogen) atoms. The van der Waals surface area contributed by atoms with Gasteiger partial charge in [0.05, 0.1) is 12.0 Å². The second-order valence-electron chi connectivity index (χ2n) is 5.35. The lowest BCUT2D eigenvalue weighted by Gasteiger charge is -2.02. The highest BCUT2D eigenvalue weighted by molar-refractivity contribution is 5.14. The number of aromatic nitrogens is 2. The van der Waals surface area contributed by atoms with Crippen LogP contribution in [0.15, 0.2) is 42.9 Å². The zero-order valence-corrected chi connectivity index (χ0v) is 11.3. The third kappa shape index (κ3) is 3.93. The van der Waals surface area contributed by atoms with Crippen LogP contribution in [0, 0.1) is 0 Å². The number of benzene rings is 1. The van der Waals surface area contributed by atoms with E-state index in [0.717, 1.165) is 37.7 Å². The van der Waals surface area contributed by atoms with Gasteiger partial charge in [0.25, 0.3) is 0 Å². The van der Waals surface area contributed by atoms with E-state index < -0.39 is 0 Å². The summed E-state index contributed by atoms with van der Waals surface area (Å²) >= 11 is 0. The van der Waals surface area contributed by atoms with Gasteiger partial charge in [0.1, 0.15) is 0 Å². The van der Waals surface area contributed by atoms with Gasteiger partial charge in [-0.1, -0.05) is 30.3 Å². The Morgan fingerprint density at radius 2 is 2.05 bits per heavy atom. The molecule has 2 aromatic rings. The van der Waals surface area contributed by atoms with E-state index in [0.29, 0.717) is 0 Å². The molecule has 100 valence electrons. The topological polar surface area (TPSA) is 29.9 Å². The minimum atomic E-state index is 0.753. The van der Waals surface area contributed by atoms with E-state index >= 15 is 0 Å². The molecule has 3 nitrogen and oxygen atoms in total. The van der Waals surface area contributed by atoms with Crippen molar-refractivity contribution in [2.75, 3.05) is 0 Å². The van der Waals surface area contributed by atoms with Crippen molar-refractivity contribution in [1.29, 1.82) is 0 Å². The van der Waals surface area contributed by atoms with Crippen molar-refractivity contribution in [3.8, 4) is 0 Å². The van der Waals surface area contributed by atoms with Crippen molar-refractivity contribution in [1.82, 2.24) is 14.9 Å². The average Bonchev–Trinajstić information content (AvgIpc) is 3.17. The van der Waals surface area contributed by atoms with Gasteiger partial charge in [0, 0.05) is 25.3 Å². The van der Waals surface area contributed by atoms with Crippen molar-refractivity contribution >= 4 is 0 Å². The van der Waals surface area contributed by atoms with Crippen molar-refractivity contribution < 1.29 is 0 Å². The highest BCUT2D eigenvalue weighted by Gasteiger charge is 2.20. The molecule has 3 rings (SSSR count). The summed E-state index contributed by atoms with van der Waals surface area (Å²) in [6.45, 7) is 1.96. The zero-order valence-electron chi connectivity index (χ0n) is 11.3. The van der Waals surface area contributed by atoms with Crippen LogP contribution >= 0.6 is 0 Å². The van der Waals surface area contributed by atoms with Crippen molar-refractivity contribution in [3.05, 3.63) is 54.1 Å². The molecule has 0 radical (unpaired) electrons. The quantitative estimate of drug-likeness (QED) is 0.824. The number of imidazole rings is 1. The first kappa shape index (κ1) is 12.4. The summed E-state index contributed by atoms with van der Waals surface area (Å²) in [6, 6.07) is 11.4. The van der Waals surface area contributed by atoms with Gasteiger partial charge in [-0.3, -0.25) is 0 Å². The van der Waals surface area contributed by atoms with Gasteiger partial charge in [-0.25, -0.2) is 4.98 Å². The molecular formula is C16H21N3. The summed E-state index contributed by atoms with van der Waals surface area (Å²) in [5.41, 5.74) is 2.57. The Labute approximate surface area is 114 Å². The number of hydrogen-bond acceptors (Lipinski definition) is 2. The first-order chi connectivity index (χ1) is 9.40. The fourth-order valence-corrected chi connectivity index (χ4v) is 2.27. The molecule has 0 bridgehead atoms. The molecule has 1 aromatic carbocycles. The Morgan fingerprint density at radius 3 is 2.84 bits per heavy atom. The van der Waals surface area contributed by atoms with Crippen LogP contribution in [-0.2, 0) is 19.5 Å². The Kier molecular flexibility index (Phi) is 3.94. The largest absolute Gasteiger partial charge is 0.337 e. The third-order valence-electron chi connectivity index (χ3n) is 3.56. The Balaban J connectivity index is 1.42. The SMILES string of the molecule is c1ccc(CCCn2cnc(CNC3CC3)c2)cc1. The average molecular weight is 255 g/mol. The predicted molar refractivity (Wildman–Crippen MR) is 76.9 cm³/mol. The maximum absolute atomic E-state index is 4.44. The van der Waals surface area contributed by atoms with E-state index in [2.05, 4.69) is 51.4 Å². The van der Waals surface area contributed by atoms with Crippen LogP contribution in [0.4, 0.5) is 0 Å². The highest BCUT2D eigenvalue weighted by atomic mass is 15.1. The first-order valence-corrected chi connectivity index (χ1v) is 7.18. The molecule has 0 saturated heterocycles. The van der Waals surface area contributed by atoms with Crippen molar-refractivity contribution in [2.45, 2.75) is 44.8 Å². The van der Waals surface area contributed by atoms with Gasteiger partial charge in [0.15, 0.2) is 0 Å². The predicted octanol–water partition coefficient (Wildman–Crippen LogP) is 2.77. The monoisotopic (exact) mass is 255 g/mol. The van der Waals surface area contributed by atoms with Crippen LogP contribution < -0.4 is 5.32 Å². The fraction of sp³-hybridized carbons (Fsp3) is 0.438. The maximum Gasteiger partial charge on any atom is 0.0949 e. The molecule has 1 N–H and O–H groups in total. The van der Waals surface area contributed by atoms with E-state index in [4.69, 9.17) is 0 Å². The molecule has 0 spiro atoms.